The van der Waals surface area contributed by atoms with Crippen LogP contribution in [-0.4, -0.2) is 30.9 Å². The van der Waals surface area contributed by atoms with Gasteiger partial charge >= 0.3 is 0 Å². The van der Waals surface area contributed by atoms with Crippen LogP contribution in [0.25, 0.3) is 5.76 Å². The first kappa shape index (κ1) is 20.8. The molecule has 0 bridgehead atoms. The molecule has 138 valence electrons. The lowest BCUT2D eigenvalue weighted by Crippen LogP contribution is -1.99. The summed E-state index contributed by atoms with van der Waals surface area (Å²) in [5, 5.41) is 9.74. The van der Waals surface area contributed by atoms with Crippen molar-refractivity contribution in [2.45, 2.75) is 39.0 Å². The van der Waals surface area contributed by atoms with Crippen molar-refractivity contribution in [2.75, 3.05) is 20.0 Å². The molecule has 0 atom stereocenters. The van der Waals surface area contributed by atoms with Gasteiger partial charge in [0.15, 0.2) is 12.6 Å². The molecule has 0 spiro atoms. The van der Waals surface area contributed by atoms with Gasteiger partial charge in [0.2, 0.25) is 0 Å². The highest BCUT2D eigenvalue weighted by Crippen LogP contribution is 2.17. The summed E-state index contributed by atoms with van der Waals surface area (Å²) in [6, 6.07) is 7.06. The molecular formula is C20H28O5. The number of aliphatic hydroxyl groups is 1. The van der Waals surface area contributed by atoms with Crippen LogP contribution in [0.4, 0.5) is 0 Å². The zero-order chi connectivity index (χ0) is 18.3. The van der Waals surface area contributed by atoms with Crippen LogP contribution in [0.5, 0.6) is 5.75 Å². The first-order valence-corrected chi connectivity index (χ1v) is 8.58. The number of unbranched alkanes of at least 4 members (excludes halogenated alkanes) is 4. The molecule has 1 aromatic rings. The summed E-state index contributed by atoms with van der Waals surface area (Å²) in [6.07, 6.45) is 8.00. The van der Waals surface area contributed by atoms with E-state index in [1.165, 1.54) is 19.3 Å². The van der Waals surface area contributed by atoms with E-state index in [9.17, 15) is 9.90 Å². The number of allylic oxidation sites excluding steroid dienone is 1. The minimum absolute atomic E-state index is 0.0286. The maximum atomic E-state index is 10.9. The van der Waals surface area contributed by atoms with Gasteiger partial charge in [-0.05, 0) is 44.0 Å². The van der Waals surface area contributed by atoms with Crippen LogP contribution >= 0.6 is 0 Å². The molecule has 0 aliphatic carbocycles. The number of carbonyl (C=O) groups is 1. The van der Waals surface area contributed by atoms with Gasteiger partial charge in [-0.3, -0.25) is 4.79 Å². The molecule has 0 unspecified atom stereocenters. The summed E-state index contributed by atoms with van der Waals surface area (Å²) >= 11 is 0. The molecule has 0 fully saturated rings. The van der Waals surface area contributed by atoms with Crippen molar-refractivity contribution in [1.29, 1.82) is 0 Å². The summed E-state index contributed by atoms with van der Waals surface area (Å²) in [6.45, 7) is 6.49. The van der Waals surface area contributed by atoms with Gasteiger partial charge < -0.3 is 19.3 Å². The second-order valence-electron chi connectivity index (χ2n) is 5.64. The van der Waals surface area contributed by atoms with Crippen LogP contribution in [-0.2, 0) is 14.3 Å². The first-order valence-electron chi connectivity index (χ1n) is 8.58. The maximum absolute atomic E-state index is 10.9. The van der Waals surface area contributed by atoms with Gasteiger partial charge in [-0.1, -0.05) is 25.8 Å². The third kappa shape index (κ3) is 10.2. The van der Waals surface area contributed by atoms with Crippen molar-refractivity contribution in [3.05, 3.63) is 48.7 Å². The third-order valence-corrected chi connectivity index (χ3v) is 3.46. The minimum Gasteiger partial charge on any atom is -0.507 e. The Morgan fingerprint density at radius 1 is 1.08 bits per heavy atom. The van der Waals surface area contributed by atoms with Gasteiger partial charge in [0, 0.05) is 11.6 Å². The summed E-state index contributed by atoms with van der Waals surface area (Å²) < 4.78 is 15.8. The van der Waals surface area contributed by atoms with Crippen molar-refractivity contribution in [2.24, 2.45) is 0 Å². The average Bonchev–Trinajstić information content (AvgIpc) is 2.59. The lowest BCUT2D eigenvalue weighted by atomic mass is 10.1. The molecular weight excluding hydrogens is 320 g/mol. The Hall–Kier alpha value is -2.27. The number of benzene rings is 1. The number of rotatable bonds is 14. The van der Waals surface area contributed by atoms with Crippen LogP contribution in [0.2, 0.25) is 0 Å². The van der Waals surface area contributed by atoms with Crippen LogP contribution in [0.3, 0.4) is 0 Å². The van der Waals surface area contributed by atoms with Crippen LogP contribution in [0.1, 0.15) is 44.6 Å². The first-order chi connectivity index (χ1) is 12.1. The quantitative estimate of drug-likeness (QED) is 0.230. The number of hydrogen-bond acceptors (Lipinski definition) is 5. The van der Waals surface area contributed by atoms with Gasteiger partial charge in [0.05, 0.1) is 19.5 Å². The van der Waals surface area contributed by atoms with E-state index >= 15 is 0 Å². The van der Waals surface area contributed by atoms with E-state index in [-0.39, 0.29) is 18.3 Å². The highest BCUT2D eigenvalue weighted by atomic mass is 16.7. The van der Waals surface area contributed by atoms with Gasteiger partial charge in [-0.15, -0.1) is 0 Å². The van der Waals surface area contributed by atoms with E-state index in [1.807, 2.05) is 0 Å². The van der Waals surface area contributed by atoms with Crippen molar-refractivity contribution < 1.29 is 24.1 Å². The number of aliphatic hydroxyl groups excluding tert-OH is 1. The van der Waals surface area contributed by atoms with E-state index in [0.717, 1.165) is 37.9 Å². The van der Waals surface area contributed by atoms with E-state index in [2.05, 4.69) is 6.58 Å². The largest absolute Gasteiger partial charge is 0.507 e. The van der Waals surface area contributed by atoms with Crippen molar-refractivity contribution in [1.82, 2.24) is 0 Å². The second-order valence-corrected chi connectivity index (χ2v) is 5.64. The Kier molecular flexibility index (Phi) is 10.9. The third-order valence-electron chi connectivity index (χ3n) is 3.46. The zero-order valence-corrected chi connectivity index (χ0v) is 14.9. The lowest BCUT2D eigenvalue weighted by Gasteiger charge is -2.07. The van der Waals surface area contributed by atoms with Crippen molar-refractivity contribution in [3.8, 4) is 5.75 Å². The summed E-state index contributed by atoms with van der Waals surface area (Å²) in [5.74, 6) is 0.545. The van der Waals surface area contributed by atoms with Gasteiger partial charge in [-0.25, -0.2) is 0 Å². The summed E-state index contributed by atoms with van der Waals surface area (Å²) in [7, 11) is 0. The van der Waals surface area contributed by atoms with E-state index in [4.69, 9.17) is 14.2 Å². The highest BCUT2D eigenvalue weighted by molar-refractivity contribution is 5.93. The molecule has 5 heteroatoms. The average molecular weight is 348 g/mol. The Labute approximate surface area is 149 Å². The Bertz CT molecular complexity index is 534. The monoisotopic (exact) mass is 348 g/mol. The maximum Gasteiger partial charge on any atom is 0.188 e. The van der Waals surface area contributed by atoms with Gasteiger partial charge in [-0.2, -0.15) is 0 Å². The summed E-state index contributed by atoms with van der Waals surface area (Å²) in [4.78, 5) is 10.9. The van der Waals surface area contributed by atoms with E-state index < -0.39 is 0 Å². The smallest absolute Gasteiger partial charge is 0.188 e. The van der Waals surface area contributed by atoms with Crippen LogP contribution in [0.15, 0.2) is 43.2 Å². The number of ether oxygens (including phenoxy) is 3. The van der Waals surface area contributed by atoms with Gasteiger partial charge in [0.1, 0.15) is 11.5 Å². The SMILES string of the molecule is C=COCOCCCCCCCOc1ccc(C(O)=CC(C)=O)cc1. The Balaban J connectivity index is 2.08. The number of hydrogen-bond donors (Lipinski definition) is 1. The Morgan fingerprint density at radius 2 is 1.72 bits per heavy atom. The van der Waals surface area contributed by atoms with E-state index in [1.54, 1.807) is 24.3 Å². The second kappa shape index (κ2) is 13.1. The predicted molar refractivity (Wildman–Crippen MR) is 98.4 cm³/mol. The fourth-order valence-corrected chi connectivity index (χ4v) is 2.18. The standard InChI is InChI=1S/C20H28O5/c1-3-23-16-24-13-7-5-4-6-8-14-25-19-11-9-18(10-12-19)20(22)15-17(2)21/h3,9-12,15,22H,1,4-8,13-14,16H2,2H3. The minimum atomic E-state index is -0.186. The number of carbonyl (C=O) groups excluding carboxylic acids is 1. The fourth-order valence-electron chi connectivity index (χ4n) is 2.18. The molecule has 0 aliphatic rings. The number of ketones is 1. The molecule has 0 aliphatic heterocycles. The molecule has 0 heterocycles. The fraction of sp³-hybridized carbons (Fsp3) is 0.450. The molecule has 1 N–H and O–H groups in total. The molecule has 1 rings (SSSR count). The zero-order valence-electron chi connectivity index (χ0n) is 14.9. The topological polar surface area (TPSA) is 65.0 Å². The highest BCUT2D eigenvalue weighted by Gasteiger charge is 2.01. The molecule has 0 saturated heterocycles. The van der Waals surface area contributed by atoms with Crippen molar-refractivity contribution >= 4 is 11.5 Å². The predicted octanol–water partition coefficient (Wildman–Crippen LogP) is 4.64. The van der Waals surface area contributed by atoms with E-state index in [0.29, 0.717) is 18.8 Å². The van der Waals surface area contributed by atoms with Crippen molar-refractivity contribution in [3.63, 3.8) is 0 Å². The van der Waals surface area contributed by atoms with Crippen LogP contribution < -0.4 is 4.74 Å². The molecule has 0 aromatic heterocycles. The molecule has 25 heavy (non-hydrogen) atoms. The normalized spacial score (nSPS) is 11.2. The lowest BCUT2D eigenvalue weighted by molar-refractivity contribution is -0.112. The summed E-state index contributed by atoms with van der Waals surface area (Å²) in [5.41, 5.74) is 0.600. The molecule has 0 radical (unpaired) electrons. The Morgan fingerprint density at radius 3 is 2.36 bits per heavy atom. The molecule has 1 aromatic carbocycles. The molecule has 0 amide bonds. The molecule has 5 nitrogen and oxygen atoms in total. The van der Waals surface area contributed by atoms with Crippen LogP contribution in [0, 0.1) is 0 Å². The van der Waals surface area contributed by atoms with Gasteiger partial charge in [0.25, 0.3) is 0 Å². The molecule has 0 saturated carbocycles.